The first-order valence-corrected chi connectivity index (χ1v) is 10.3. The van der Waals surface area contributed by atoms with Gasteiger partial charge in [0.1, 0.15) is 11.5 Å². The third-order valence-electron chi connectivity index (χ3n) is 3.98. The van der Waals surface area contributed by atoms with Crippen molar-refractivity contribution in [3.05, 3.63) is 58.1 Å². The molecule has 0 radical (unpaired) electrons. The largest absolute Gasteiger partial charge is 0.492 e. The Bertz CT molecular complexity index is 803. The van der Waals surface area contributed by atoms with E-state index in [1.54, 1.807) is 43.3 Å². The molecule has 0 saturated heterocycles. The van der Waals surface area contributed by atoms with Crippen molar-refractivity contribution in [2.75, 3.05) is 13.2 Å². The number of carbonyl (C=O) groups is 2. The average molecular weight is 449 g/mol. The molecule has 2 aromatic rings. The van der Waals surface area contributed by atoms with Crippen molar-refractivity contribution in [2.24, 2.45) is 0 Å². The monoisotopic (exact) mass is 448 g/mol. The molecule has 0 bridgehead atoms. The second kappa shape index (κ2) is 11.5. The number of benzene rings is 2. The maximum atomic E-state index is 12.4. The average Bonchev–Trinajstić information content (AvgIpc) is 2.69. The Morgan fingerprint density at radius 2 is 1.71 bits per heavy atom. The molecule has 0 spiro atoms. The lowest BCUT2D eigenvalue weighted by Gasteiger charge is -2.10. The lowest BCUT2D eigenvalue weighted by Crippen LogP contribution is -2.10. The van der Waals surface area contributed by atoms with Crippen LogP contribution in [0.25, 0.3) is 0 Å². The number of unbranched alkanes of at least 4 members (excludes halogenated alkanes) is 3. The number of hydrogen-bond donors (Lipinski definition) is 0. The van der Waals surface area contributed by atoms with E-state index in [0.29, 0.717) is 28.0 Å². The molecule has 2 aromatic carbocycles. The zero-order chi connectivity index (χ0) is 20.4. The molecule has 150 valence electrons. The number of halogens is 1. The van der Waals surface area contributed by atoms with Crippen molar-refractivity contribution < 1.29 is 23.8 Å². The summed E-state index contributed by atoms with van der Waals surface area (Å²) in [5.74, 6) is 0.0000644. The van der Waals surface area contributed by atoms with E-state index in [1.807, 2.05) is 0 Å². The number of ether oxygens (including phenoxy) is 3. The van der Waals surface area contributed by atoms with Crippen LogP contribution in [-0.2, 0) is 4.74 Å². The van der Waals surface area contributed by atoms with Gasteiger partial charge in [-0.15, -0.1) is 0 Å². The SMILES string of the molecule is CCCCCCOc1ccc(C(=O)Oc2cccc(C(=O)OCC)c2)cc1Br. The van der Waals surface area contributed by atoms with Gasteiger partial charge in [0.2, 0.25) is 0 Å². The van der Waals surface area contributed by atoms with Gasteiger partial charge >= 0.3 is 11.9 Å². The molecule has 5 nitrogen and oxygen atoms in total. The maximum absolute atomic E-state index is 12.4. The summed E-state index contributed by atoms with van der Waals surface area (Å²) in [6.45, 7) is 4.83. The first kappa shape index (κ1) is 22.0. The van der Waals surface area contributed by atoms with E-state index in [1.165, 1.54) is 18.9 Å². The molecule has 0 unspecified atom stereocenters. The summed E-state index contributed by atoms with van der Waals surface area (Å²) < 4.78 is 16.8. The van der Waals surface area contributed by atoms with Crippen LogP contribution in [-0.4, -0.2) is 25.2 Å². The molecule has 0 aliphatic heterocycles. The molecule has 6 heteroatoms. The standard InChI is InChI=1S/C22H25BrO5/c1-3-5-6-7-13-27-20-12-11-17(15-19(20)23)22(25)28-18-10-8-9-16(14-18)21(24)26-4-2/h8-12,14-15H,3-7,13H2,1-2H3. The van der Waals surface area contributed by atoms with Crippen LogP contribution in [0.4, 0.5) is 0 Å². The number of esters is 2. The smallest absolute Gasteiger partial charge is 0.343 e. The minimum absolute atomic E-state index is 0.280. The first-order valence-electron chi connectivity index (χ1n) is 9.46. The molecule has 28 heavy (non-hydrogen) atoms. The third-order valence-corrected chi connectivity index (χ3v) is 4.60. The van der Waals surface area contributed by atoms with E-state index in [9.17, 15) is 9.59 Å². The van der Waals surface area contributed by atoms with E-state index >= 15 is 0 Å². The van der Waals surface area contributed by atoms with Crippen LogP contribution in [0.1, 0.15) is 60.2 Å². The summed E-state index contributed by atoms with van der Waals surface area (Å²) in [6, 6.07) is 11.4. The molecule has 0 saturated carbocycles. The highest BCUT2D eigenvalue weighted by atomic mass is 79.9. The van der Waals surface area contributed by atoms with E-state index in [4.69, 9.17) is 14.2 Å². The summed E-state index contributed by atoms with van der Waals surface area (Å²) >= 11 is 3.44. The van der Waals surface area contributed by atoms with Gasteiger partial charge in [-0.25, -0.2) is 9.59 Å². The third kappa shape index (κ3) is 6.68. The highest BCUT2D eigenvalue weighted by Crippen LogP contribution is 2.27. The normalized spacial score (nSPS) is 10.4. The predicted octanol–water partition coefficient (Wildman–Crippen LogP) is 5.80. The Morgan fingerprint density at radius 3 is 2.43 bits per heavy atom. The highest BCUT2D eigenvalue weighted by molar-refractivity contribution is 9.10. The Morgan fingerprint density at radius 1 is 0.929 bits per heavy atom. The predicted molar refractivity (Wildman–Crippen MR) is 111 cm³/mol. The number of rotatable bonds is 10. The lowest BCUT2D eigenvalue weighted by atomic mass is 10.2. The first-order chi connectivity index (χ1) is 13.5. The van der Waals surface area contributed by atoms with Crippen LogP contribution >= 0.6 is 15.9 Å². The Kier molecular flexibility index (Phi) is 9.01. The summed E-state index contributed by atoms with van der Waals surface area (Å²) in [5.41, 5.74) is 0.715. The van der Waals surface area contributed by atoms with E-state index < -0.39 is 11.9 Å². The number of carbonyl (C=O) groups excluding carboxylic acids is 2. The second-order valence-electron chi connectivity index (χ2n) is 6.19. The molecule has 0 fully saturated rings. The van der Waals surface area contributed by atoms with Crippen molar-refractivity contribution >= 4 is 27.9 Å². The van der Waals surface area contributed by atoms with Crippen molar-refractivity contribution in [1.29, 1.82) is 0 Å². The zero-order valence-corrected chi connectivity index (χ0v) is 17.8. The van der Waals surface area contributed by atoms with Gasteiger partial charge in [0.15, 0.2) is 0 Å². The zero-order valence-electron chi connectivity index (χ0n) is 16.2. The molecule has 0 atom stereocenters. The van der Waals surface area contributed by atoms with Gasteiger partial charge in [-0.1, -0.05) is 32.3 Å². The fourth-order valence-corrected chi connectivity index (χ4v) is 3.02. The van der Waals surface area contributed by atoms with Gasteiger partial charge in [0, 0.05) is 0 Å². The van der Waals surface area contributed by atoms with Crippen molar-refractivity contribution in [3.63, 3.8) is 0 Å². The molecular weight excluding hydrogens is 424 g/mol. The molecule has 2 rings (SSSR count). The van der Waals surface area contributed by atoms with E-state index in [0.717, 1.165) is 12.8 Å². The fraction of sp³-hybridized carbons (Fsp3) is 0.364. The van der Waals surface area contributed by atoms with Crippen LogP contribution in [0.2, 0.25) is 0 Å². The van der Waals surface area contributed by atoms with Crippen molar-refractivity contribution in [1.82, 2.24) is 0 Å². The van der Waals surface area contributed by atoms with Gasteiger partial charge < -0.3 is 14.2 Å². The van der Waals surface area contributed by atoms with Crippen molar-refractivity contribution in [3.8, 4) is 11.5 Å². The summed E-state index contributed by atoms with van der Waals surface area (Å²) in [7, 11) is 0. The van der Waals surface area contributed by atoms with Gasteiger partial charge in [0.05, 0.1) is 28.8 Å². The summed E-state index contributed by atoms with van der Waals surface area (Å²) in [6.07, 6.45) is 4.53. The van der Waals surface area contributed by atoms with Crippen LogP contribution in [0.3, 0.4) is 0 Å². The summed E-state index contributed by atoms with van der Waals surface area (Å²) in [5, 5.41) is 0. The van der Waals surface area contributed by atoms with Crippen LogP contribution < -0.4 is 9.47 Å². The van der Waals surface area contributed by atoms with E-state index in [2.05, 4.69) is 22.9 Å². The molecular formula is C22H25BrO5. The van der Waals surface area contributed by atoms with Crippen molar-refractivity contribution in [2.45, 2.75) is 39.5 Å². The van der Waals surface area contributed by atoms with Gasteiger partial charge in [-0.3, -0.25) is 0 Å². The summed E-state index contributed by atoms with van der Waals surface area (Å²) in [4.78, 5) is 24.2. The number of hydrogen-bond acceptors (Lipinski definition) is 5. The molecule has 0 aromatic heterocycles. The van der Waals surface area contributed by atoms with Crippen LogP contribution in [0, 0.1) is 0 Å². The molecule has 0 aliphatic carbocycles. The maximum Gasteiger partial charge on any atom is 0.343 e. The minimum atomic E-state index is -0.517. The second-order valence-corrected chi connectivity index (χ2v) is 7.05. The Hall–Kier alpha value is -2.34. The minimum Gasteiger partial charge on any atom is -0.492 e. The Balaban J connectivity index is 1.98. The van der Waals surface area contributed by atoms with Gasteiger partial charge in [-0.2, -0.15) is 0 Å². The molecule has 0 aliphatic rings. The lowest BCUT2D eigenvalue weighted by molar-refractivity contribution is 0.0524. The molecule has 0 amide bonds. The van der Waals surface area contributed by atoms with Gasteiger partial charge in [-0.05, 0) is 65.7 Å². The fourth-order valence-electron chi connectivity index (χ4n) is 2.52. The van der Waals surface area contributed by atoms with Gasteiger partial charge in [0.25, 0.3) is 0 Å². The quantitative estimate of drug-likeness (QED) is 0.261. The molecule has 0 heterocycles. The topological polar surface area (TPSA) is 61.8 Å². The van der Waals surface area contributed by atoms with E-state index in [-0.39, 0.29) is 12.4 Å². The molecule has 0 N–H and O–H groups in total. The van der Waals surface area contributed by atoms with Crippen LogP contribution in [0.5, 0.6) is 11.5 Å². The highest BCUT2D eigenvalue weighted by Gasteiger charge is 2.13. The Labute approximate surface area is 174 Å². The van der Waals surface area contributed by atoms with Crippen LogP contribution in [0.15, 0.2) is 46.9 Å².